The molecule has 168 valence electrons. The topological polar surface area (TPSA) is 54.3 Å². The average Bonchev–Trinajstić information content (AvgIpc) is 3.36. The van der Waals surface area contributed by atoms with Crippen LogP contribution in [-0.4, -0.2) is 32.9 Å². The first-order valence-corrected chi connectivity index (χ1v) is 12.6. The molecule has 1 aromatic carbocycles. The summed E-state index contributed by atoms with van der Waals surface area (Å²) in [5.41, 5.74) is 1.47. The lowest BCUT2D eigenvalue weighted by Crippen LogP contribution is -2.65. The van der Waals surface area contributed by atoms with Gasteiger partial charge >= 0.3 is 0 Å². The van der Waals surface area contributed by atoms with Gasteiger partial charge in [-0.25, -0.2) is 0 Å². The first-order valence-electron chi connectivity index (χ1n) is 11.3. The molecule has 32 heavy (non-hydrogen) atoms. The van der Waals surface area contributed by atoms with Crippen LogP contribution in [0.2, 0.25) is 5.02 Å². The van der Waals surface area contributed by atoms with Crippen molar-refractivity contribution in [2.75, 3.05) is 0 Å². The Morgan fingerprint density at radius 2 is 2.03 bits per heavy atom. The molecule has 7 heteroatoms. The highest BCUT2D eigenvalue weighted by Gasteiger charge is 2.48. The average molecular weight is 470 g/mol. The Kier molecular flexibility index (Phi) is 5.54. The zero-order valence-corrected chi connectivity index (χ0v) is 20.0. The number of thiophene rings is 1. The molecule has 3 heterocycles. The van der Waals surface area contributed by atoms with Crippen LogP contribution in [-0.2, 0) is 17.9 Å². The number of aromatic nitrogens is 1. The number of rotatable bonds is 4. The van der Waals surface area contributed by atoms with Crippen molar-refractivity contribution >= 4 is 45.0 Å². The number of fused-ring (bicyclic) bond motifs is 3. The van der Waals surface area contributed by atoms with Gasteiger partial charge in [-0.3, -0.25) is 9.59 Å². The van der Waals surface area contributed by atoms with Crippen LogP contribution in [0.4, 0.5) is 0 Å². The Morgan fingerprint density at radius 3 is 2.81 bits per heavy atom. The van der Waals surface area contributed by atoms with Crippen molar-refractivity contribution in [3.8, 4) is 0 Å². The van der Waals surface area contributed by atoms with Gasteiger partial charge in [-0.1, -0.05) is 49.6 Å². The number of halogens is 1. The highest BCUT2D eigenvalue weighted by atomic mass is 35.5. The minimum Gasteiger partial charge on any atom is -0.351 e. The lowest BCUT2D eigenvalue weighted by molar-refractivity contribution is -0.134. The number of benzene rings is 1. The minimum atomic E-state index is -1.02. The zero-order valence-electron chi connectivity index (χ0n) is 18.4. The lowest BCUT2D eigenvalue weighted by atomic mass is 9.85. The van der Waals surface area contributed by atoms with Crippen LogP contribution in [0, 0.1) is 5.92 Å². The first kappa shape index (κ1) is 21.5. The van der Waals surface area contributed by atoms with E-state index in [2.05, 4.69) is 12.2 Å². The molecular formula is C25H28ClN3O2S. The van der Waals surface area contributed by atoms with Gasteiger partial charge < -0.3 is 14.8 Å². The predicted molar refractivity (Wildman–Crippen MR) is 129 cm³/mol. The molecular weight excluding hydrogens is 442 g/mol. The van der Waals surface area contributed by atoms with Crippen LogP contribution < -0.4 is 5.32 Å². The van der Waals surface area contributed by atoms with E-state index in [1.165, 1.54) is 6.42 Å². The summed E-state index contributed by atoms with van der Waals surface area (Å²) in [7, 11) is 0. The second-order valence-electron chi connectivity index (χ2n) is 9.38. The lowest BCUT2D eigenvalue weighted by Gasteiger charge is -2.45. The maximum absolute atomic E-state index is 13.8. The molecule has 1 N–H and O–H groups in total. The number of carbonyl (C=O) groups is 2. The van der Waals surface area contributed by atoms with Crippen molar-refractivity contribution < 1.29 is 9.59 Å². The maximum atomic E-state index is 13.8. The molecule has 0 radical (unpaired) electrons. The molecule has 2 aliphatic rings. The maximum Gasteiger partial charge on any atom is 0.271 e. The van der Waals surface area contributed by atoms with Gasteiger partial charge in [-0.2, -0.15) is 0 Å². The Morgan fingerprint density at radius 1 is 1.25 bits per heavy atom. The number of nitrogens with one attached hydrogen (secondary N) is 1. The fourth-order valence-electron chi connectivity index (χ4n) is 5.17. The summed E-state index contributed by atoms with van der Waals surface area (Å²) in [6.45, 7) is 4.82. The number of hydrogen-bond acceptors (Lipinski definition) is 3. The standard InChI is InChI=1S/C25H28ClN3O2S/c1-16-7-3-6-10-19(16)27-24(31)25(2)15-28-20-11-12-32-22(20)13-21(28)23(30)29(25)14-17-8-4-5-9-18(17)26/h4-5,8-9,11-13,16,19H,3,6-7,10,14-15H2,1-2H3,(H,27,31)/t16-,19+,25-/m1/s1. The molecule has 1 aliphatic heterocycles. The SMILES string of the molecule is C[C@@H]1CCCC[C@@H]1NC(=O)[C@@]1(C)Cn2c(cc3sccc32)C(=O)N1Cc1ccccc1Cl. The summed E-state index contributed by atoms with van der Waals surface area (Å²) >= 11 is 8.06. The van der Waals surface area contributed by atoms with E-state index >= 15 is 0 Å². The molecule has 2 amide bonds. The summed E-state index contributed by atoms with van der Waals surface area (Å²) in [6, 6.07) is 11.7. The largest absolute Gasteiger partial charge is 0.351 e. The Bertz CT molecular complexity index is 1190. The van der Waals surface area contributed by atoms with Crippen molar-refractivity contribution in [1.29, 1.82) is 0 Å². The molecule has 1 fully saturated rings. The predicted octanol–water partition coefficient (Wildman–Crippen LogP) is 5.47. The van der Waals surface area contributed by atoms with Gasteiger partial charge in [0.15, 0.2) is 0 Å². The van der Waals surface area contributed by atoms with Gasteiger partial charge in [0, 0.05) is 17.6 Å². The van der Waals surface area contributed by atoms with E-state index in [1.807, 2.05) is 53.3 Å². The van der Waals surface area contributed by atoms with Crippen molar-refractivity contribution in [3.05, 3.63) is 58.1 Å². The van der Waals surface area contributed by atoms with Crippen LogP contribution >= 0.6 is 22.9 Å². The quantitative estimate of drug-likeness (QED) is 0.551. The van der Waals surface area contributed by atoms with E-state index in [0.29, 0.717) is 29.7 Å². The van der Waals surface area contributed by atoms with Crippen LogP contribution in [0.1, 0.15) is 55.6 Å². The molecule has 5 nitrogen and oxygen atoms in total. The molecule has 1 saturated carbocycles. The van der Waals surface area contributed by atoms with Crippen LogP contribution in [0.3, 0.4) is 0 Å². The number of hydrogen-bond donors (Lipinski definition) is 1. The summed E-state index contributed by atoms with van der Waals surface area (Å²) in [5, 5.41) is 5.95. The van der Waals surface area contributed by atoms with Gasteiger partial charge in [0.05, 0.1) is 16.8 Å². The van der Waals surface area contributed by atoms with Crippen LogP contribution in [0.5, 0.6) is 0 Å². The van der Waals surface area contributed by atoms with E-state index in [-0.39, 0.29) is 17.9 Å². The zero-order chi connectivity index (χ0) is 22.5. The molecule has 0 saturated heterocycles. The highest BCUT2D eigenvalue weighted by Crippen LogP contribution is 2.36. The fourth-order valence-corrected chi connectivity index (χ4v) is 6.19. The number of amides is 2. The molecule has 2 aromatic heterocycles. The molecule has 5 rings (SSSR count). The second-order valence-corrected chi connectivity index (χ2v) is 10.7. The Balaban J connectivity index is 1.54. The first-order chi connectivity index (χ1) is 15.4. The number of carbonyl (C=O) groups excluding carboxylic acids is 2. The molecule has 1 aliphatic carbocycles. The summed E-state index contributed by atoms with van der Waals surface area (Å²) in [4.78, 5) is 29.3. The smallest absolute Gasteiger partial charge is 0.271 e. The molecule has 3 aromatic rings. The molecule has 3 atom stereocenters. The van der Waals surface area contributed by atoms with E-state index in [4.69, 9.17) is 11.6 Å². The second kappa shape index (κ2) is 8.23. The van der Waals surface area contributed by atoms with Crippen molar-refractivity contribution in [2.24, 2.45) is 5.92 Å². The van der Waals surface area contributed by atoms with E-state index in [0.717, 1.165) is 35.0 Å². The molecule has 0 spiro atoms. The van der Waals surface area contributed by atoms with Crippen molar-refractivity contribution in [1.82, 2.24) is 14.8 Å². The van der Waals surface area contributed by atoms with Gasteiger partial charge in [0.2, 0.25) is 5.91 Å². The third-order valence-electron chi connectivity index (χ3n) is 7.25. The Hall–Kier alpha value is -2.31. The third kappa shape index (κ3) is 3.54. The molecule has 0 unspecified atom stereocenters. The fraction of sp³-hybridized carbons (Fsp3) is 0.440. The summed E-state index contributed by atoms with van der Waals surface area (Å²) in [5.74, 6) is 0.228. The van der Waals surface area contributed by atoms with Gasteiger partial charge in [-0.05, 0) is 54.8 Å². The van der Waals surface area contributed by atoms with E-state index in [1.54, 1.807) is 16.2 Å². The van der Waals surface area contributed by atoms with Gasteiger partial charge in [0.25, 0.3) is 5.91 Å². The minimum absolute atomic E-state index is 0.0839. The highest BCUT2D eigenvalue weighted by molar-refractivity contribution is 7.17. The van der Waals surface area contributed by atoms with E-state index in [9.17, 15) is 9.59 Å². The summed E-state index contributed by atoms with van der Waals surface area (Å²) in [6.07, 6.45) is 4.46. The van der Waals surface area contributed by atoms with Crippen molar-refractivity contribution in [2.45, 2.75) is 64.2 Å². The molecule has 0 bridgehead atoms. The van der Waals surface area contributed by atoms with Gasteiger partial charge in [-0.15, -0.1) is 11.3 Å². The Labute approximate surface area is 197 Å². The normalized spacial score (nSPS) is 25.7. The third-order valence-corrected chi connectivity index (χ3v) is 8.47. The number of nitrogens with zero attached hydrogens (tertiary/aromatic N) is 2. The van der Waals surface area contributed by atoms with E-state index < -0.39 is 5.54 Å². The van der Waals surface area contributed by atoms with Crippen molar-refractivity contribution in [3.63, 3.8) is 0 Å². The van der Waals surface area contributed by atoms with Crippen LogP contribution in [0.25, 0.3) is 10.2 Å². The van der Waals surface area contributed by atoms with Gasteiger partial charge in [0.1, 0.15) is 11.2 Å². The summed E-state index contributed by atoms with van der Waals surface area (Å²) < 4.78 is 3.08. The monoisotopic (exact) mass is 469 g/mol. The van der Waals surface area contributed by atoms with Crippen LogP contribution in [0.15, 0.2) is 41.8 Å².